The van der Waals surface area contributed by atoms with Crippen molar-refractivity contribution in [2.24, 2.45) is 5.73 Å². The van der Waals surface area contributed by atoms with Crippen molar-refractivity contribution < 1.29 is 19.9 Å². The van der Waals surface area contributed by atoms with E-state index in [1.165, 1.54) is 82.0 Å². The zero-order valence-electron chi connectivity index (χ0n) is 20.0. The fourth-order valence-corrected chi connectivity index (χ4v) is 3.60. The van der Waals surface area contributed by atoms with Gasteiger partial charge in [-0.1, -0.05) is 83.7 Å². The van der Waals surface area contributed by atoms with E-state index >= 15 is 0 Å². The number of carboxylic acids is 1. The molecule has 5 nitrogen and oxygen atoms in total. The molecular formula is C25H48N2O3. The molecular weight excluding hydrogens is 376 g/mol. The summed E-state index contributed by atoms with van der Waals surface area (Å²) in [5.74, 6) is -0.959. The Morgan fingerprint density at radius 2 is 1.20 bits per heavy atom. The molecule has 0 aliphatic carbocycles. The predicted molar refractivity (Wildman–Crippen MR) is 127 cm³/mol. The normalized spacial score (nSPS) is 11.8. The summed E-state index contributed by atoms with van der Waals surface area (Å²) in [6.07, 6.45) is 11.4. The SMILES string of the molecule is CCCC[N+](CCCC)(CCCC)CCCC.N[C@@H](Cc1ccccc1)C(=O)O.[OH-]. The van der Waals surface area contributed by atoms with Gasteiger partial charge in [-0.05, 0) is 37.7 Å². The average molecular weight is 425 g/mol. The molecule has 0 radical (unpaired) electrons. The fourth-order valence-electron chi connectivity index (χ4n) is 3.60. The second-order valence-electron chi connectivity index (χ2n) is 8.28. The van der Waals surface area contributed by atoms with Crippen molar-refractivity contribution in [3.05, 3.63) is 35.9 Å². The molecule has 4 N–H and O–H groups in total. The number of nitrogens with zero attached hydrogens (tertiary/aromatic N) is 1. The standard InChI is InChI=1S/C16H36N.C9H11NO2.H2O/c1-5-9-13-17(14-10-6-2,15-11-7-3)16-12-8-4;10-8(9(11)12)6-7-4-2-1-3-5-7;/h5-16H2,1-4H3;1-5,8H,6,10H2,(H,11,12);1H2/q+1;;/p-1/t;8-;/m.0./s1. The molecule has 176 valence electrons. The Morgan fingerprint density at radius 1 is 0.833 bits per heavy atom. The lowest BCUT2D eigenvalue weighted by atomic mass is 10.1. The Kier molecular flexibility index (Phi) is 20.0. The van der Waals surface area contributed by atoms with Gasteiger partial charge in [-0.15, -0.1) is 0 Å². The number of nitrogens with two attached hydrogens (primary N) is 1. The van der Waals surface area contributed by atoms with Crippen LogP contribution in [0, 0.1) is 0 Å². The van der Waals surface area contributed by atoms with Gasteiger partial charge < -0.3 is 20.8 Å². The lowest BCUT2D eigenvalue weighted by Crippen LogP contribution is -2.50. The molecule has 0 spiro atoms. The van der Waals surface area contributed by atoms with Gasteiger partial charge in [-0.3, -0.25) is 4.79 Å². The molecule has 1 aromatic rings. The Bertz CT molecular complexity index is 471. The largest absolute Gasteiger partial charge is 0.870 e. The molecule has 1 rings (SSSR count). The maximum absolute atomic E-state index is 10.4. The predicted octanol–water partition coefficient (Wildman–Crippen LogP) is 5.47. The fraction of sp³-hybridized carbons (Fsp3) is 0.720. The van der Waals surface area contributed by atoms with Gasteiger partial charge in [0, 0.05) is 0 Å². The number of benzene rings is 1. The average Bonchev–Trinajstić information content (AvgIpc) is 2.74. The van der Waals surface area contributed by atoms with Crippen LogP contribution in [0.3, 0.4) is 0 Å². The Balaban J connectivity index is 0. The van der Waals surface area contributed by atoms with Gasteiger partial charge in [0.05, 0.1) is 26.2 Å². The molecule has 1 atom stereocenters. The molecule has 0 saturated heterocycles. The summed E-state index contributed by atoms with van der Waals surface area (Å²) in [5.41, 5.74) is 6.30. The highest BCUT2D eigenvalue weighted by Gasteiger charge is 2.24. The Morgan fingerprint density at radius 3 is 1.50 bits per heavy atom. The molecule has 0 heterocycles. The van der Waals surface area contributed by atoms with E-state index in [-0.39, 0.29) is 5.48 Å². The molecule has 1 aromatic carbocycles. The molecule has 0 aliphatic heterocycles. The van der Waals surface area contributed by atoms with Crippen molar-refractivity contribution >= 4 is 5.97 Å². The minimum absolute atomic E-state index is 0. The van der Waals surface area contributed by atoms with Gasteiger partial charge in [0.15, 0.2) is 0 Å². The number of rotatable bonds is 15. The highest BCUT2D eigenvalue weighted by atomic mass is 16.4. The first-order valence-corrected chi connectivity index (χ1v) is 11.8. The number of hydrogen-bond donors (Lipinski definition) is 2. The number of unbranched alkanes of at least 4 members (excludes halogenated alkanes) is 4. The number of carbonyl (C=O) groups is 1. The summed E-state index contributed by atoms with van der Waals surface area (Å²) >= 11 is 0. The van der Waals surface area contributed by atoms with Gasteiger partial charge in [-0.2, -0.15) is 0 Å². The molecule has 0 amide bonds. The third-order valence-electron chi connectivity index (χ3n) is 5.56. The van der Waals surface area contributed by atoms with E-state index in [4.69, 9.17) is 10.8 Å². The van der Waals surface area contributed by atoms with E-state index < -0.39 is 12.0 Å². The topological polar surface area (TPSA) is 93.3 Å². The first kappa shape index (κ1) is 30.8. The molecule has 5 heteroatoms. The van der Waals surface area contributed by atoms with Crippen LogP contribution in [0.25, 0.3) is 0 Å². The number of carboxylic acid groups (broad SMARTS) is 1. The van der Waals surface area contributed by atoms with Crippen LogP contribution in [0.5, 0.6) is 0 Å². The highest BCUT2D eigenvalue weighted by molar-refractivity contribution is 5.73. The number of quaternary nitrogens is 1. The third kappa shape index (κ3) is 14.5. The highest BCUT2D eigenvalue weighted by Crippen LogP contribution is 2.16. The first-order valence-electron chi connectivity index (χ1n) is 11.8. The van der Waals surface area contributed by atoms with Gasteiger partial charge in [0.1, 0.15) is 6.04 Å². The van der Waals surface area contributed by atoms with Crippen LogP contribution in [0.2, 0.25) is 0 Å². The van der Waals surface area contributed by atoms with Crippen LogP contribution < -0.4 is 5.73 Å². The van der Waals surface area contributed by atoms with E-state index in [1.54, 1.807) is 0 Å². The third-order valence-corrected chi connectivity index (χ3v) is 5.56. The lowest BCUT2D eigenvalue weighted by Gasteiger charge is -2.39. The van der Waals surface area contributed by atoms with Crippen LogP contribution in [-0.4, -0.2) is 53.3 Å². The second kappa shape index (κ2) is 19.5. The zero-order chi connectivity index (χ0) is 22.0. The van der Waals surface area contributed by atoms with Crippen LogP contribution in [0.1, 0.15) is 84.6 Å². The minimum atomic E-state index is -0.959. The Labute approximate surface area is 185 Å². The Hall–Kier alpha value is -1.43. The minimum Gasteiger partial charge on any atom is -0.870 e. The summed E-state index contributed by atoms with van der Waals surface area (Å²) in [4.78, 5) is 10.4. The van der Waals surface area contributed by atoms with Gasteiger partial charge >= 0.3 is 5.97 Å². The monoisotopic (exact) mass is 424 g/mol. The van der Waals surface area contributed by atoms with Crippen molar-refractivity contribution in [3.8, 4) is 0 Å². The molecule has 0 saturated carbocycles. The summed E-state index contributed by atoms with van der Waals surface area (Å²) in [6.45, 7) is 15.0. The molecule has 30 heavy (non-hydrogen) atoms. The van der Waals surface area contributed by atoms with Crippen molar-refractivity contribution in [2.45, 2.75) is 91.5 Å². The lowest BCUT2D eigenvalue weighted by molar-refractivity contribution is -0.929. The van der Waals surface area contributed by atoms with Gasteiger partial charge in [0.25, 0.3) is 0 Å². The van der Waals surface area contributed by atoms with Crippen LogP contribution in [0.4, 0.5) is 0 Å². The van der Waals surface area contributed by atoms with E-state index in [0.29, 0.717) is 6.42 Å². The van der Waals surface area contributed by atoms with Crippen molar-refractivity contribution in [3.63, 3.8) is 0 Å². The zero-order valence-corrected chi connectivity index (χ0v) is 20.0. The van der Waals surface area contributed by atoms with Crippen molar-refractivity contribution in [1.29, 1.82) is 0 Å². The molecule has 0 aromatic heterocycles. The van der Waals surface area contributed by atoms with Crippen molar-refractivity contribution in [2.75, 3.05) is 26.2 Å². The summed E-state index contributed by atoms with van der Waals surface area (Å²) in [5, 5.41) is 8.52. The van der Waals surface area contributed by atoms with Gasteiger partial charge in [0.2, 0.25) is 0 Å². The van der Waals surface area contributed by atoms with Crippen LogP contribution in [0.15, 0.2) is 30.3 Å². The van der Waals surface area contributed by atoms with Crippen LogP contribution >= 0.6 is 0 Å². The van der Waals surface area contributed by atoms with Crippen molar-refractivity contribution in [1.82, 2.24) is 0 Å². The maximum atomic E-state index is 10.4. The second-order valence-corrected chi connectivity index (χ2v) is 8.28. The smallest absolute Gasteiger partial charge is 0.320 e. The van der Waals surface area contributed by atoms with Crippen LogP contribution in [-0.2, 0) is 11.2 Å². The van der Waals surface area contributed by atoms with E-state index in [2.05, 4.69) is 27.7 Å². The van der Waals surface area contributed by atoms with E-state index in [1.807, 2.05) is 30.3 Å². The van der Waals surface area contributed by atoms with Gasteiger partial charge in [-0.25, -0.2) is 0 Å². The molecule has 0 unspecified atom stereocenters. The maximum Gasteiger partial charge on any atom is 0.320 e. The summed E-state index contributed by atoms with van der Waals surface area (Å²) < 4.78 is 1.42. The number of hydrogen-bond acceptors (Lipinski definition) is 3. The van der Waals surface area contributed by atoms with E-state index in [0.717, 1.165) is 5.56 Å². The first-order chi connectivity index (χ1) is 13.9. The molecule has 0 fully saturated rings. The van der Waals surface area contributed by atoms with E-state index in [9.17, 15) is 4.79 Å². The molecule has 0 aliphatic rings. The quantitative estimate of drug-likeness (QED) is 0.365. The molecule has 0 bridgehead atoms. The summed E-state index contributed by atoms with van der Waals surface area (Å²) in [7, 11) is 0. The number of aliphatic carboxylic acids is 1. The summed E-state index contributed by atoms with van der Waals surface area (Å²) in [6, 6.07) is 8.54.